The van der Waals surface area contributed by atoms with Crippen LogP contribution in [0.5, 0.6) is 0 Å². The third-order valence-corrected chi connectivity index (χ3v) is 4.96. The first kappa shape index (κ1) is 18.9. The summed E-state index contributed by atoms with van der Waals surface area (Å²) in [7, 11) is 2.14. The molecule has 3 rings (SSSR count). The van der Waals surface area contributed by atoms with Crippen LogP contribution >= 0.6 is 0 Å². The van der Waals surface area contributed by atoms with Gasteiger partial charge >= 0.3 is 0 Å². The number of dihydropyridines is 1. The van der Waals surface area contributed by atoms with E-state index >= 15 is 0 Å². The number of piperazine rings is 1. The summed E-state index contributed by atoms with van der Waals surface area (Å²) in [4.78, 5) is 9.30. The molecule has 0 atom stereocenters. The molecule has 0 unspecified atom stereocenters. The van der Waals surface area contributed by atoms with Crippen LogP contribution in [0.15, 0.2) is 47.4 Å². The molecule has 0 amide bonds. The maximum atomic E-state index is 9.37. The first-order valence-electron chi connectivity index (χ1n) is 9.38. The number of likely N-dealkylation sites (N-methyl/N-ethyl adjacent to an activating group) is 1. The van der Waals surface area contributed by atoms with Gasteiger partial charge in [0.15, 0.2) is 0 Å². The van der Waals surface area contributed by atoms with Crippen molar-refractivity contribution in [3.05, 3.63) is 53.0 Å². The third-order valence-electron chi connectivity index (χ3n) is 4.96. The molecule has 1 saturated heterocycles. The largest absolute Gasteiger partial charge is 0.360 e. The monoisotopic (exact) mass is 362 g/mol. The second-order valence-electron chi connectivity index (χ2n) is 6.91. The smallest absolute Gasteiger partial charge is 0.128 e. The second kappa shape index (κ2) is 8.65. The number of pyridine rings is 1. The van der Waals surface area contributed by atoms with E-state index in [1.54, 1.807) is 0 Å². The lowest BCUT2D eigenvalue weighted by Gasteiger charge is -2.33. The van der Waals surface area contributed by atoms with Crippen molar-refractivity contribution in [3.8, 4) is 6.07 Å². The van der Waals surface area contributed by atoms with Crippen LogP contribution in [0.3, 0.4) is 0 Å². The van der Waals surface area contributed by atoms with Gasteiger partial charge in [-0.2, -0.15) is 5.26 Å². The molecule has 0 aliphatic carbocycles. The molecule has 1 aromatic rings. The highest BCUT2D eigenvalue weighted by Crippen LogP contribution is 2.30. The topological polar surface area (TPSA) is 79.0 Å². The zero-order chi connectivity index (χ0) is 19.2. The van der Waals surface area contributed by atoms with E-state index < -0.39 is 0 Å². The average Bonchev–Trinajstić information content (AvgIpc) is 2.71. The number of aromatic nitrogens is 1. The number of nitrogens with zero attached hydrogens (tertiary/aromatic N) is 4. The zero-order valence-electron chi connectivity index (χ0n) is 16.0. The number of hydrogen-bond acceptors (Lipinski definition) is 6. The summed E-state index contributed by atoms with van der Waals surface area (Å²) in [5, 5.41) is 20.1. The molecule has 2 N–H and O–H groups in total. The van der Waals surface area contributed by atoms with Crippen molar-refractivity contribution >= 4 is 17.6 Å². The third kappa shape index (κ3) is 4.26. The quantitative estimate of drug-likeness (QED) is 0.622. The SMILES string of the molecule is CCCC1=CN/C(=C(/C#N)C=N)C(c2ccc(N3CCN(C)CC3)nc2)=C1. The Morgan fingerprint density at radius 3 is 2.70 bits per heavy atom. The Morgan fingerprint density at radius 2 is 2.11 bits per heavy atom. The first-order valence-corrected chi connectivity index (χ1v) is 9.38. The molecule has 1 fully saturated rings. The fourth-order valence-electron chi connectivity index (χ4n) is 3.35. The lowest BCUT2D eigenvalue weighted by atomic mass is 9.95. The normalized spacial score (nSPS) is 19.5. The molecule has 0 aromatic carbocycles. The standard InChI is InChI=1S/C21H26N6/c1-3-4-16-11-19(21(25-14-16)18(12-22)13-23)17-5-6-20(24-15-17)27-9-7-26(2)8-10-27/h5-6,11-12,14-15,22,25H,3-4,7-10H2,1-2H3/b21-18+,22-12?. The van der Waals surface area contributed by atoms with Gasteiger partial charge < -0.3 is 20.5 Å². The number of hydrogen-bond donors (Lipinski definition) is 2. The second-order valence-corrected chi connectivity index (χ2v) is 6.91. The van der Waals surface area contributed by atoms with Crippen LogP contribution in [0.4, 0.5) is 5.82 Å². The van der Waals surface area contributed by atoms with Gasteiger partial charge in [0.1, 0.15) is 11.9 Å². The van der Waals surface area contributed by atoms with E-state index in [0.29, 0.717) is 11.3 Å². The summed E-state index contributed by atoms with van der Waals surface area (Å²) in [6.07, 6.45) is 9.00. The Hall–Kier alpha value is -2.91. The number of rotatable bonds is 5. The van der Waals surface area contributed by atoms with E-state index in [2.05, 4.69) is 52.3 Å². The molecule has 2 aliphatic heterocycles. The maximum Gasteiger partial charge on any atom is 0.128 e. The van der Waals surface area contributed by atoms with Gasteiger partial charge in [0, 0.05) is 55.9 Å². The van der Waals surface area contributed by atoms with E-state index in [1.165, 1.54) is 5.57 Å². The minimum atomic E-state index is 0.316. The Balaban J connectivity index is 1.91. The van der Waals surface area contributed by atoms with Gasteiger partial charge in [-0.05, 0) is 37.3 Å². The van der Waals surface area contributed by atoms with Crippen molar-refractivity contribution in [3.63, 3.8) is 0 Å². The van der Waals surface area contributed by atoms with Gasteiger partial charge in [0.2, 0.25) is 0 Å². The van der Waals surface area contributed by atoms with E-state index in [1.807, 2.05) is 18.5 Å². The van der Waals surface area contributed by atoms with Crippen molar-refractivity contribution < 1.29 is 0 Å². The van der Waals surface area contributed by atoms with Crippen LogP contribution in [0.25, 0.3) is 5.57 Å². The van der Waals surface area contributed by atoms with Gasteiger partial charge in [-0.25, -0.2) is 4.98 Å². The fraction of sp³-hybridized carbons (Fsp3) is 0.381. The molecule has 0 radical (unpaired) electrons. The van der Waals surface area contributed by atoms with Gasteiger partial charge in [-0.3, -0.25) is 0 Å². The van der Waals surface area contributed by atoms with Gasteiger partial charge in [0.25, 0.3) is 0 Å². The predicted octanol–water partition coefficient (Wildman–Crippen LogP) is 2.93. The van der Waals surface area contributed by atoms with Crippen LogP contribution in [-0.2, 0) is 0 Å². The molecular weight excluding hydrogens is 336 g/mol. The summed E-state index contributed by atoms with van der Waals surface area (Å²) in [5.41, 5.74) is 4.03. The summed E-state index contributed by atoms with van der Waals surface area (Å²) < 4.78 is 0. The first-order chi connectivity index (χ1) is 13.2. The summed E-state index contributed by atoms with van der Waals surface area (Å²) in [6, 6.07) is 6.21. The van der Waals surface area contributed by atoms with Crippen LogP contribution in [-0.4, -0.2) is 49.3 Å². The van der Waals surface area contributed by atoms with E-state index in [4.69, 9.17) is 5.41 Å². The minimum Gasteiger partial charge on any atom is -0.360 e. The van der Waals surface area contributed by atoms with Gasteiger partial charge in [0.05, 0.1) is 11.3 Å². The number of nitriles is 1. The Labute approximate surface area is 161 Å². The Bertz CT molecular complexity index is 817. The summed E-state index contributed by atoms with van der Waals surface area (Å²) in [5.74, 6) is 0.985. The molecular formula is C21H26N6. The lowest BCUT2D eigenvalue weighted by Crippen LogP contribution is -2.44. The molecule has 2 aliphatic rings. The molecule has 140 valence electrons. The maximum absolute atomic E-state index is 9.37. The van der Waals surface area contributed by atoms with E-state index in [9.17, 15) is 5.26 Å². The fourth-order valence-corrected chi connectivity index (χ4v) is 3.35. The van der Waals surface area contributed by atoms with E-state index in [0.717, 1.165) is 62.2 Å². The Morgan fingerprint density at radius 1 is 1.33 bits per heavy atom. The molecule has 27 heavy (non-hydrogen) atoms. The minimum absolute atomic E-state index is 0.316. The Kier molecular flexibility index (Phi) is 6.05. The zero-order valence-corrected chi connectivity index (χ0v) is 16.0. The highest BCUT2D eigenvalue weighted by atomic mass is 15.3. The number of anilines is 1. The summed E-state index contributed by atoms with van der Waals surface area (Å²) >= 11 is 0. The molecule has 3 heterocycles. The number of allylic oxidation sites excluding steroid dienone is 4. The van der Waals surface area contributed by atoms with E-state index in [-0.39, 0.29) is 0 Å². The molecule has 0 saturated carbocycles. The van der Waals surface area contributed by atoms with Crippen molar-refractivity contribution in [1.29, 1.82) is 10.7 Å². The van der Waals surface area contributed by atoms with Gasteiger partial charge in [-0.1, -0.05) is 13.3 Å². The molecule has 6 heteroatoms. The average molecular weight is 362 g/mol. The van der Waals surface area contributed by atoms with Gasteiger partial charge in [-0.15, -0.1) is 0 Å². The van der Waals surface area contributed by atoms with Crippen molar-refractivity contribution in [1.82, 2.24) is 15.2 Å². The van der Waals surface area contributed by atoms with Crippen molar-refractivity contribution in [2.75, 3.05) is 38.1 Å². The number of nitrogens with one attached hydrogen (secondary N) is 2. The van der Waals surface area contributed by atoms with Crippen LogP contribution in [0.2, 0.25) is 0 Å². The molecule has 0 spiro atoms. The van der Waals surface area contributed by atoms with Crippen LogP contribution < -0.4 is 10.2 Å². The summed E-state index contributed by atoms with van der Waals surface area (Å²) in [6.45, 7) is 6.19. The van der Waals surface area contributed by atoms with Crippen molar-refractivity contribution in [2.24, 2.45) is 0 Å². The highest BCUT2D eigenvalue weighted by Gasteiger charge is 2.19. The molecule has 1 aromatic heterocycles. The lowest BCUT2D eigenvalue weighted by molar-refractivity contribution is 0.312. The predicted molar refractivity (Wildman–Crippen MR) is 109 cm³/mol. The molecule has 0 bridgehead atoms. The van der Waals surface area contributed by atoms with Crippen molar-refractivity contribution in [2.45, 2.75) is 19.8 Å². The highest BCUT2D eigenvalue weighted by molar-refractivity contribution is 5.93. The molecule has 6 nitrogen and oxygen atoms in total. The van der Waals surface area contributed by atoms with Crippen LogP contribution in [0.1, 0.15) is 25.3 Å². The van der Waals surface area contributed by atoms with Crippen LogP contribution in [0, 0.1) is 16.7 Å².